The van der Waals surface area contributed by atoms with Crippen LogP contribution in [0.4, 0.5) is 5.82 Å². The van der Waals surface area contributed by atoms with Gasteiger partial charge in [0.25, 0.3) is 0 Å². The third-order valence-electron chi connectivity index (χ3n) is 7.81. The predicted molar refractivity (Wildman–Crippen MR) is 145 cm³/mol. The lowest BCUT2D eigenvalue weighted by Crippen LogP contribution is -2.52. The normalized spacial score (nSPS) is 21.0. The fraction of sp³-hybridized carbons (Fsp3) is 0.704. The molecule has 2 atom stereocenters. The second-order valence-corrected chi connectivity index (χ2v) is 10.6. The van der Waals surface area contributed by atoms with Gasteiger partial charge in [0.05, 0.1) is 5.92 Å². The van der Waals surface area contributed by atoms with Crippen molar-refractivity contribution in [3.8, 4) is 0 Å². The molecular formula is C27H42ClN5O4. The van der Waals surface area contributed by atoms with Crippen LogP contribution in [0.5, 0.6) is 0 Å². The molecule has 1 aliphatic carbocycles. The van der Waals surface area contributed by atoms with E-state index in [9.17, 15) is 19.5 Å². The molecule has 206 valence electrons. The molecule has 1 aromatic heterocycles. The maximum atomic E-state index is 12.8. The highest BCUT2D eigenvalue weighted by molar-refractivity contribution is 5.86. The zero-order chi connectivity index (χ0) is 25.3. The van der Waals surface area contributed by atoms with Crippen molar-refractivity contribution in [2.45, 2.75) is 76.7 Å². The molecule has 10 heteroatoms. The van der Waals surface area contributed by atoms with E-state index in [4.69, 9.17) is 4.98 Å². The molecule has 1 saturated carbocycles. The number of halogens is 1. The Morgan fingerprint density at radius 3 is 2.62 bits per heavy atom. The fourth-order valence-corrected chi connectivity index (χ4v) is 5.67. The number of amides is 2. The Balaban J connectivity index is 0.00000380. The summed E-state index contributed by atoms with van der Waals surface area (Å²) in [5.74, 6) is -0.687. The highest BCUT2D eigenvalue weighted by Gasteiger charge is 2.29. The molecule has 2 aliphatic heterocycles. The number of hydrogen-bond acceptors (Lipinski definition) is 6. The summed E-state index contributed by atoms with van der Waals surface area (Å²) in [6, 6.07) is 3.22. The van der Waals surface area contributed by atoms with Crippen molar-refractivity contribution in [2.24, 2.45) is 11.8 Å². The summed E-state index contributed by atoms with van der Waals surface area (Å²) in [5.41, 5.74) is 2.40. The van der Waals surface area contributed by atoms with Crippen molar-refractivity contribution in [1.29, 1.82) is 0 Å². The molecule has 2 unspecified atom stereocenters. The van der Waals surface area contributed by atoms with Crippen LogP contribution in [-0.2, 0) is 27.2 Å². The van der Waals surface area contributed by atoms with Gasteiger partial charge in [-0.3, -0.25) is 9.59 Å². The molecule has 4 rings (SSSR count). The molecule has 2 amide bonds. The van der Waals surface area contributed by atoms with E-state index in [1.807, 2.05) is 0 Å². The first kappa shape index (κ1) is 29.2. The van der Waals surface area contributed by atoms with Crippen LogP contribution in [0, 0.1) is 11.8 Å². The van der Waals surface area contributed by atoms with Crippen LogP contribution in [-0.4, -0.2) is 71.5 Å². The number of aryl methyl sites for hydroxylation is 2. The van der Waals surface area contributed by atoms with Crippen molar-refractivity contribution in [3.63, 3.8) is 0 Å². The van der Waals surface area contributed by atoms with E-state index in [0.717, 1.165) is 102 Å². The predicted octanol–water partition coefficient (Wildman–Crippen LogP) is 2.77. The number of pyridine rings is 1. The number of carboxylic acid groups (broad SMARTS) is 1. The van der Waals surface area contributed by atoms with E-state index in [-0.39, 0.29) is 42.6 Å². The molecule has 0 radical (unpaired) electrons. The first-order valence-corrected chi connectivity index (χ1v) is 13.8. The fourth-order valence-electron chi connectivity index (χ4n) is 5.67. The average molecular weight is 536 g/mol. The van der Waals surface area contributed by atoms with E-state index in [2.05, 4.69) is 33.0 Å². The van der Waals surface area contributed by atoms with E-state index in [1.165, 1.54) is 5.56 Å². The zero-order valence-corrected chi connectivity index (χ0v) is 22.5. The molecule has 1 aromatic rings. The van der Waals surface area contributed by atoms with Gasteiger partial charge in [0.15, 0.2) is 0 Å². The number of hydrogen-bond donors (Lipinski definition) is 4. The zero-order valence-electron chi connectivity index (χ0n) is 21.7. The van der Waals surface area contributed by atoms with Gasteiger partial charge in [0, 0.05) is 31.2 Å². The van der Waals surface area contributed by atoms with Crippen molar-refractivity contribution >= 4 is 36.0 Å². The summed E-state index contributed by atoms with van der Waals surface area (Å²) < 4.78 is 0. The number of carbonyl (C=O) groups excluding carboxylic acids is 2. The van der Waals surface area contributed by atoms with E-state index in [1.54, 1.807) is 0 Å². The number of carboxylic acids is 1. The average Bonchev–Trinajstić information content (AvgIpc) is 2.91. The molecule has 0 aromatic carbocycles. The first-order valence-electron chi connectivity index (χ1n) is 13.8. The van der Waals surface area contributed by atoms with Crippen molar-refractivity contribution in [1.82, 2.24) is 20.5 Å². The van der Waals surface area contributed by atoms with Gasteiger partial charge in [-0.2, -0.15) is 0 Å². The van der Waals surface area contributed by atoms with Crippen molar-refractivity contribution in [2.75, 3.05) is 38.0 Å². The Hall–Kier alpha value is -2.39. The third kappa shape index (κ3) is 8.57. The maximum absolute atomic E-state index is 12.8. The topological polar surface area (TPSA) is 124 Å². The number of rotatable bonds is 10. The summed E-state index contributed by atoms with van der Waals surface area (Å²) in [6.45, 7) is 3.46. The number of nitrogens with one attached hydrogen (secondary N) is 3. The molecule has 37 heavy (non-hydrogen) atoms. The lowest BCUT2D eigenvalue weighted by atomic mass is 9.88. The van der Waals surface area contributed by atoms with E-state index < -0.39 is 12.0 Å². The van der Waals surface area contributed by atoms with Crippen LogP contribution < -0.4 is 16.0 Å². The minimum absolute atomic E-state index is 0. The first-order chi connectivity index (χ1) is 17.5. The van der Waals surface area contributed by atoms with E-state index in [0.29, 0.717) is 6.54 Å². The van der Waals surface area contributed by atoms with Crippen LogP contribution in [0.25, 0.3) is 0 Å². The molecule has 9 nitrogen and oxygen atoms in total. The molecule has 4 N–H and O–H groups in total. The number of aromatic nitrogens is 1. The summed E-state index contributed by atoms with van der Waals surface area (Å²) in [6.07, 6.45) is 10.6. The number of likely N-dealkylation sites (tertiary alicyclic amines) is 1. The van der Waals surface area contributed by atoms with Crippen LogP contribution in [0.2, 0.25) is 0 Å². The minimum atomic E-state index is -1.12. The second-order valence-electron chi connectivity index (χ2n) is 10.6. The number of piperidine rings is 1. The maximum Gasteiger partial charge on any atom is 0.328 e. The lowest BCUT2D eigenvalue weighted by Gasteiger charge is -2.32. The molecule has 0 bridgehead atoms. The Morgan fingerprint density at radius 2 is 1.84 bits per heavy atom. The molecule has 2 fully saturated rings. The van der Waals surface area contributed by atoms with Gasteiger partial charge in [-0.15, -0.1) is 12.4 Å². The van der Waals surface area contributed by atoms with Gasteiger partial charge in [-0.25, -0.2) is 9.78 Å². The summed E-state index contributed by atoms with van der Waals surface area (Å²) >= 11 is 0. The monoisotopic (exact) mass is 535 g/mol. The second kappa shape index (κ2) is 14.5. The minimum Gasteiger partial charge on any atom is -0.480 e. The van der Waals surface area contributed by atoms with Gasteiger partial charge in [0.2, 0.25) is 11.8 Å². The summed E-state index contributed by atoms with van der Waals surface area (Å²) in [4.78, 5) is 44.1. The Bertz CT molecular complexity index is 924. The Kier molecular flexibility index (Phi) is 11.4. The van der Waals surface area contributed by atoms with Gasteiger partial charge < -0.3 is 26.0 Å². The standard InChI is InChI=1S/C27H41N5O4.ClH/c33-25(29-17-23(27(35)36)31-26(34)20-7-2-1-3-8-20)21-10-5-15-32(18-21)16-6-11-22-13-12-19-9-4-14-28-24(19)30-22;/h12-13,20-21,23H,1-11,14-18H2,(H,28,30)(H,29,33)(H,31,34)(H,35,36);1H. The van der Waals surface area contributed by atoms with Crippen LogP contribution in [0.3, 0.4) is 0 Å². The molecular weight excluding hydrogens is 494 g/mol. The van der Waals surface area contributed by atoms with Crippen LogP contribution in [0.1, 0.15) is 69.0 Å². The lowest BCUT2D eigenvalue weighted by molar-refractivity contribution is -0.142. The van der Waals surface area contributed by atoms with Gasteiger partial charge in [-0.05, 0) is 76.1 Å². The van der Waals surface area contributed by atoms with Gasteiger partial charge in [0.1, 0.15) is 11.9 Å². The number of fused-ring (bicyclic) bond motifs is 1. The van der Waals surface area contributed by atoms with Crippen LogP contribution in [0.15, 0.2) is 12.1 Å². The molecule has 0 spiro atoms. The number of nitrogens with zero attached hydrogens (tertiary/aromatic N) is 2. The Morgan fingerprint density at radius 1 is 1.05 bits per heavy atom. The SMILES string of the molecule is Cl.O=C(NCC(NC(=O)C1CCCCC1)C(=O)O)C1CCCN(CCCc2ccc3c(n2)NCCC3)C1. The van der Waals surface area contributed by atoms with Crippen molar-refractivity contribution < 1.29 is 19.5 Å². The largest absolute Gasteiger partial charge is 0.480 e. The van der Waals surface area contributed by atoms with Gasteiger partial charge in [-0.1, -0.05) is 25.3 Å². The highest BCUT2D eigenvalue weighted by atomic mass is 35.5. The van der Waals surface area contributed by atoms with E-state index >= 15 is 0 Å². The molecule has 3 aliphatic rings. The summed E-state index contributed by atoms with van der Waals surface area (Å²) in [7, 11) is 0. The smallest absolute Gasteiger partial charge is 0.328 e. The number of aliphatic carboxylic acids is 1. The highest BCUT2D eigenvalue weighted by Crippen LogP contribution is 2.24. The Labute approximate surface area is 226 Å². The molecule has 1 saturated heterocycles. The number of carbonyl (C=O) groups is 3. The van der Waals surface area contributed by atoms with Gasteiger partial charge >= 0.3 is 5.97 Å². The third-order valence-corrected chi connectivity index (χ3v) is 7.81. The van der Waals surface area contributed by atoms with Crippen LogP contribution >= 0.6 is 12.4 Å². The van der Waals surface area contributed by atoms with Crippen molar-refractivity contribution in [3.05, 3.63) is 23.4 Å². The molecule has 3 heterocycles. The quantitative estimate of drug-likeness (QED) is 0.363. The number of anilines is 1. The summed E-state index contributed by atoms with van der Waals surface area (Å²) in [5, 5.41) is 18.4.